The van der Waals surface area contributed by atoms with Gasteiger partial charge in [-0.2, -0.15) is 0 Å². The molecule has 0 saturated heterocycles. The summed E-state index contributed by atoms with van der Waals surface area (Å²) in [6, 6.07) is 7.15. The maximum absolute atomic E-state index is 12.6. The van der Waals surface area contributed by atoms with Crippen molar-refractivity contribution in [3.05, 3.63) is 40.8 Å². The van der Waals surface area contributed by atoms with Crippen molar-refractivity contribution in [2.24, 2.45) is 4.99 Å². The molecule has 1 aromatic carbocycles. The number of ether oxygens (including phenoxy) is 1. The van der Waals surface area contributed by atoms with Crippen LogP contribution in [0.25, 0.3) is 10.9 Å². The van der Waals surface area contributed by atoms with Crippen molar-refractivity contribution < 1.29 is 19.0 Å². The Bertz CT molecular complexity index is 1010. The Labute approximate surface area is 159 Å². The highest BCUT2D eigenvalue weighted by molar-refractivity contribution is 7.99. The fourth-order valence-electron chi connectivity index (χ4n) is 2.43. The molecule has 0 N–H and O–H groups in total. The standard InChI is InChI=1S/C17H19N5O4S/c1-3-22-16(24)12-6-4-5-7-13(12)18-17(22)27-11-14(23)19-15-10-21(20-26-15)8-9-25-2/h4-7,10H,3,8-9,11H2,1-2H3. The number of rotatable bonds is 8. The molecule has 0 aliphatic rings. The molecule has 3 rings (SSSR count). The second kappa shape index (κ2) is 8.78. The Morgan fingerprint density at radius 2 is 2.26 bits per heavy atom. The van der Waals surface area contributed by atoms with Gasteiger partial charge in [0.05, 0.1) is 10.9 Å². The van der Waals surface area contributed by atoms with Crippen molar-refractivity contribution >= 4 is 34.4 Å². The van der Waals surface area contributed by atoms with Gasteiger partial charge in [0.15, 0.2) is 5.16 Å². The van der Waals surface area contributed by atoms with Gasteiger partial charge in [0.2, 0.25) is 11.8 Å². The largest absolute Gasteiger partial charge is 0.861 e. The zero-order chi connectivity index (χ0) is 19.2. The van der Waals surface area contributed by atoms with Gasteiger partial charge < -0.3 is 9.84 Å². The SMILES string of the molecule is CCn1c(SC/C([O-])=N\c2c[n+](CCOC)no2)nc2ccccc2c1=O. The van der Waals surface area contributed by atoms with E-state index in [1.54, 1.807) is 29.9 Å². The molecule has 27 heavy (non-hydrogen) atoms. The van der Waals surface area contributed by atoms with Gasteiger partial charge in [0, 0.05) is 19.4 Å². The van der Waals surface area contributed by atoms with Crippen molar-refractivity contribution in [1.82, 2.24) is 14.8 Å². The van der Waals surface area contributed by atoms with Crippen LogP contribution in [0.5, 0.6) is 0 Å². The molecule has 0 aliphatic heterocycles. The molecule has 0 radical (unpaired) electrons. The lowest BCUT2D eigenvalue weighted by molar-refractivity contribution is -0.763. The Hall–Kier alpha value is -2.72. The smallest absolute Gasteiger partial charge is 0.320 e. The molecule has 2 heterocycles. The Morgan fingerprint density at radius 1 is 1.44 bits per heavy atom. The second-order valence-corrected chi connectivity index (χ2v) is 6.49. The zero-order valence-corrected chi connectivity index (χ0v) is 15.8. The quantitative estimate of drug-likeness (QED) is 0.182. The van der Waals surface area contributed by atoms with Gasteiger partial charge in [-0.3, -0.25) is 13.9 Å². The third-order valence-electron chi connectivity index (χ3n) is 3.73. The molecule has 0 fully saturated rings. The molecule has 0 amide bonds. The minimum Gasteiger partial charge on any atom is -0.861 e. The second-order valence-electron chi connectivity index (χ2n) is 5.55. The lowest BCUT2D eigenvalue weighted by Crippen LogP contribution is -2.36. The molecule has 0 unspecified atom stereocenters. The van der Waals surface area contributed by atoms with Crippen molar-refractivity contribution in [3.63, 3.8) is 0 Å². The first kappa shape index (κ1) is 19.1. The molecule has 0 spiro atoms. The minimum absolute atomic E-state index is 0.0313. The molecule has 9 nitrogen and oxygen atoms in total. The summed E-state index contributed by atoms with van der Waals surface area (Å²) in [5.41, 5.74) is 0.484. The molecule has 0 saturated carbocycles. The summed E-state index contributed by atoms with van der Waals surface area (Å²) in [4.78, 5) is 20.9. The Morgan fingerprint density at radius 3 is 3.04 bits per heavy atom. The van der Waals surface area contributed by atoms with Crippen LogP contribution in [0.15, 0.2) is 49.9 Å². The highest BCUT2D eigenvalue weighted by Crippen LogP contribution is 2.18. The molecule has 0 atom stereocenters. The first-order valence-corrected chi connectivity index (χ1v) is 9.33. The number of para-hydroxylation sites is 1. The molecule has 0 aliphatic carbocycles. The monoisotopic (exact) mass is 389 g/mol. The van der Waals surface area contributed by atoms with Crippen LogP contribution in [0.4, 0.5) is 5.88 Å². The first-order chi connectivity index (χ1) is 13.1. The molecule has 2 aromatic heterocycles. The van der Waals surface area contributed by atoms with Crippen LogP contribution in [-0.4, -0.2) is 40.2 Å². The highest BCUT2D eigenvalue weighted by atomic mass is 32.2. The van der Waals surface area contributed by atoms with Gasteiger partial charge in [0.25, 0.3) is 11.8 Å². The van der Waals surface area contributed by atoms with Crippen molar-refractivity contribution in [1.29, 1.82) is 0 Å². The molecular formula is C17H19N5O4S. The zero-order valence-electron chi connectivity index (χ0n) is 15.0. The number of aromatic nitrogens is 4. The van der Waals surface area contributed by atoms with Gasteiger partial charge in [-0.05, 0) is 29.6 Å². The summed E-state index contributed by atoms with van der Waals surface area (Å²) in [7, 11) is 1.59. The Balaban J connectivity index is 1.75. The summed E-state index contributed by atoms with van der Waals surface area (Å²) >= 11 is 1.17. The normalized spacial score (nSPS) is 12.0. The van der Waals surface area contributed by atoms with E-state index in [0.717, 1.165) is 0 Å². The number of nitrogens with zero attached hydrogens (tertiary/aromatic N) is 5. The summed E-state index contributed by atoms with van der Waals surface area (Å²) in [5.74, 6) is -0.250. The van der Waals surface area contributed by atoms with Crippen LogP contribution in [-0.2, 0) is 17.8 Å². The van der Waals surface area contributed by atoms with E-state index < -0.39 is 5.90 Å². The maximum Gasteiger partial charge on any atom is 0.320 e. The van der Waals surface area contributed by atoms with Gasteiger partial charge in [0.1, 0.15) is 6.61 Å². The number of fused-ring (bicyclic) bond motifs is 1. The van der Waals surface area contributed by atoms with Crippen LogP contribution in [0.2, 0.25) is 0 Å². The third-order valence-corrected chi connectivity index (χ3v) is 4.69. The number of methoxy groups -OCH3 is 1. The van der Waals surface area contributed by atoms with E-state index in [4.69, 9.17) is 9.26 Å². The van der Waals surface area contributed by atoms with E-state index >= 15 is 0 Å². The van der Waals surface area contributed by atoms with Gasteiger partial charge >= 0.3 is 5.88 Å². The summed E-state index contributed by atoms with van der Waals surface area (Å²) < 4.78 is 13.0. The fourth-order valence-corrected chi connectivity index (χ4v) is 3.27. The van der Waals surface area contributed by atoms with E-state index in [2.05, 4.69) is 15.2 Å². The van der Waals surface area contributed by atoms with Crippen LogP contribution in [0, 0.1) is 0 Å². The van der Waals surface area contributed by atoms with Crippen molar-refractivity contribution in [2.75, 3.05) is 19.5 Å². The predicted octanol–water partition coefficient (Wildman–Crippen LogP) is 0.521. The van der Waals surface area contributed by atoms with Gasteiger partial charge in [-0.1, -0.05) is 23.9 Å². The lowest BCUT2D eigenvalue weighted by atomic mass is 10.2. The molecule has 10 heteroatoms. The van der Waals surface area contributed by atoms with E-state index in [1.165, 1.54) is 22.6 Å². The van der Waals surface area contributed by atoms with E-state index in [-0.39, 0.29) is 17.2 Å². The molecule has 3 aromatic rings. The number of aliphatic imine (C=N–C) groups is 1. The van der Waals surface area contributed by atoms with E-state index in [1.807, 2.05) is 13.0 Å². The summed E-state index contributed by atoms with van der Waals surface area (Å²) in [5, 5.41) is 16.9. The maximum atomic E-state index is 12.6. The summed E-state index contributed by atoms with van der Waals surface area (Å²) in [6.07, 6.45) is 1.53. The van der Waals surface area contributed by atoms with E-state index in [0.29, 0.717) is 35.8 Å². The third kappa shape index (κ3) is 4.52. The number of benzene rings is 1. The van der Waals surface area contributed by atoms with E-state index in [9.17, 15) is 9.90 Å². The van der Waals surface area contributed by atoms with Gasteiger partial charge in [-0.15, -0.1) is 0 Å². The van der Waals surface area contributed by atoms with Crippen molar-refractivity contribution in [2.45, 2.75) is 25.2 Å². The topological polar surface area (TPSA) is 109 Å². The average Bonchev–Trinajstić information content (AvgIpc) is 3.12. The van der Waals surface area contributed by atoms with Gasteiger partial charge in [-0.25, -0.2) is 9.98 Å². The number of thioether (sulfide) groups is 1. The first-order valence-electron chi connectivity index (χ1n) is 8.34. The highest BCUT2D eigenvalue weighted by Gasteiger charge is 2.12. The predicted molar refractivity (Wildman–Crippen MR) is 98.1 cm³/mol. The number of hydrogen-bond donors (Lipinski definition) is 0. The average molecular weight is 389 g/mol. The lowest BCUT2D eigenvalue weighted by Gasteiger charge is -2.13. The minimum atomic E-state index is -0.403. The van der Waals surface area contributed by atoms with Crippen LogP contribution < -0.4 is 15.3 Å². The van der Waals surface area contributed by atoms with Crippen LogP contribution in [0.3, 0.4) is 0 Å². The summed E-state index contributed by atoms with van der Waals surface area (Å²) in [6.45, 7) is 3.30. The Kier molecular flexibility index (Phi) is 6.20. The van der Waals surface area contributed by atoms with Crippen LogP contribution >= 0.6 is 11.8 Å². The fraction of sp³-hybridized carbons (Fsp3) is 0.353. The molecule has 142 valence electrons. The molecular weight excluding hydrogens is 370 g/mol. The number of hydrogen-bond acceptors (Lipinski definition) is 8. The molecule has 0 bridgehead atoms. The van der Waals surface area contributed by atoms with Crippen LogP contribution in [0.1, 0.15) is 6.92 Å². The van der Waals surface area contributed by atoms with Crippen molar-refractivity contribution in [3.8, 4) is 0 Å².